The molecule has 0 spiro atoms. The molecule has 0 aliphatic carbocycles. The van der Waals surface area contributed by atoms with Gasteiger partial charge < -0.3 is 14.4 Å². The van der Waals surface area contributed by atoms with Gasteiger partial charge in [-0.15, -0.1) is 10.2 Å². The zero-order chi connectivity index (χ0) is 26.8. The van der Waals surface area contributed by atoms with Gasteiger partial charge in [0, 0.05) is 37.3 Å². The van der Waals surface area contributed by atoms with E-state index in [0.29, 0.717) is 16.9 Å². The first kappa shape index (κ1) is 26.6. The first-order valence-electron chi connectivity index (χ1n) is 12.0. The Balaban J connectivity index is 1.59. The van der Waals surface area contributed by atoms with Crippen molar-refractivity contribution in [2.75, 3.05) is 26.2 Å². The Kier molecular flexibility index (Phi) is 7.51. The van der Waals surface area contributed by atoms with Crippen molar-refractivity contribution in [3.63, 3.8) is 0 Å². The summed E-state index contributed by atoms with van der Waals surface area (Å²) in [5.74, 6) is 0.946. The van der Waals surface area contributed by atoms with Gasteiger partial charge in [-0.05, 0) is 69.2 Å². The molecule has 0 unspecified atom stereocenters. The molecule has 37 heavy (non-hydrogen) atoms. The summed E-state index contributed by atoms with van der Waals surface area (Å²) in [6.45, 7) is 10.1. The fraction of sp³-hybridized carbons (Fsp3) is 0.440. The molecule has 1 fully saturated rings. The Hall–Kier alpha value is -3.51. The van der Waals surface area contributed by atoms with Crippen molar-refractivity contribution in [2.45, 2.75) is 51.7 Å². The first-order chi connectivity index (χ1) is 17.4. The molecule has 1 saturated heterocycles. The number of ether oxygens (including phenoxy) is 2. The van der Waals surface area contributed by atoms with E-state index >= 15 is 0 Å². The molecule has 0 saturated carbocycles. The molecular weight excluding hydrogens is 496 g/mol. The molecule has 1 amide bonds. The normalized spacial score (nSPS) is 15.0. The molecule has 2 aromatic carbocycles. The van der Waals surface area contributed by atoms with Crippen LogP contribution < -0.4 is 4.74 Å². The number of carbonyl (C=O) groups excluding carboxylic acids is 1. The second-order valence-electron chi connectivity index (χ2n) is 10.0. The fourth-order valence-corrected chi connectivity index (χ4v) is 5.75. The number of H-pyrrole nitrogens is 1. The minimum atomic E-state index is -3.92. The van der Waals surface area contributed by atoms with E-state index in [1.54, 1.807) is 39.0 Å². The summed E-state index contributed by atoms with van der Waals surface area (Å²) >= 11 is 0. The highest BCUT2D eigenvalue weighted by atomic mass is 32.2. The minimum Gasteiger partial charge on any atom is -0.489 e. The largest absolute Gasteiger partial charge is 0.489 e. The van der Waals surface area contributed by atoms with Crippen LogP contribution in [0.25, 0.3) is 11.4 Å². The van der Waals surface area contributed by atoms with E-state index in [1.165, 1.54) is 9.21 Å². The van der Waals surface area contributed by atoms with Gasteiger partial charge in [0.25, 0.3) is 0 Å². The van der Waals surface area contributed by atoms with Crippen molar-refractivity contribution in [1.29, 1.82) is 0 Å². The Morgan fingerprint density at radius 1 is 1.03 bits per heavy atom. The molecule has 198 valence electrons. The highest BCUT2D eigenvalue weighted by Crippen LogP contribution is 2.28. The van der Waals surface area contributed by atoms with Crippen LogP contribution in [0.4, 0.5) is 4.79 Å². The molecule has 1 aromatic heterocycles. The number of aromatic amines is 1. The lowest BCUT2D eigenvalue weighted by molar-refractivity contribution is 0.0192. The molecule has 0 radical (unpaired) electrons. The Labute approximate surface area is 216 Å². The molecule has 0 atom stereocenters. The Morgan fingerprint density at radius 2 is 1.70 bits per heavy atom. The predicted molar refractivity (Wildman–Crippen MR) is 136 cm³/mol. The molecule has 3 aromatic rings. The van der Waals surface area contributed by atoms with Gasteiger partial charge in [-0.3, -0.25) is 0 Å². The van der Waals surface area contributed by atoms with Gasteiger partial charge in [-0.25, -0.2) is 13.2 Å². The molecule has 1 aliphatic rings. The van der Waals surface area contributed by atoms with Crippen LogP contribution in [0.15, 0.2) is 41.3 Å². The van der Waals surface area contributed by atoms with Crippen LogP contribution in [0.2, 0.25) is 0 Å². The third-order valence-corrected chi connectivity index (χ3v) is 7.75. The van der Waals surface area contributed by atoms with Crippen LogP contribution in [0.5, 0.6) is 5.75 Å². The molecule has 4 rings (SSSR count). The summed E-state index contributed by atoms with van der Waals surface area (Å²) in [4.78, 5) is 14.1. The lowest BCUT2D eigenvalue weighted by Crippen LogP contribution is -2.51. The summed E-state index contributed by atoms with van der Waals surface area (Å²) in [6.07, 6.45) is -0.453. The second kappa shape index (κ2) is 10.5. The summed E-state index contributed by atoms with van der Waals surface area (Å²) < 4.78 is 40.5. The van der Waals surface area contributed by atoms with E-state index < -0.39 is 21.7 Å². The number of rotatable bonds is 6. The van der Waals surface area contributed by atoms with Gasteiger partial charge in [-0.2, -0.15) is 9.52 Å². The zero-order valence-electron chi connectivity index (χ0n) is 21.7. The number of tetrazole rings is 1. The van der Waals surface area contributed by atoms with Crippen LogP contribution >= 0.6 is 0 Å². The van der Waals surface area contributed by atoms with Gasteiger partial charge in [0.2, 0.25) is 15.8 Å². The first-order valence-corrected chi connectivity index (χ1v) is 13.4. The van der Waals surface area contributed by atoms with Gasteiger partial charge in [0.15, 0.2) is 0 Å². The molecule has 2 heterocycles. The fourth-order valence-electron chi connectivity index (χ4n) is 4.09. The monoisotopic (exact) mass is 528 g/mol. The highest BCUT2D eigenvalue weighted by molar-refractivity contribution is 7.89. The molecule has 12 heteroatoms. The van der Waals surface area contributed by atoms with E-state index in [2.05, 4.69) is 20.6 Å². The van der Waals surface area contributed by atoms with Crippen LogP contribution in [0, 0.1) is 13.8 Å². The quantitative estimate of drug-likeness (QED) is 0.516. The molecule has 0 bridgehead atoms. The number of nitrogens with one attached hydrogen (secondary N) is 1. The number of aryl methyl sites for hydroxylation is 2. The average Bonchev–Trinajstić information content (AvgIpc) is 3.36. The maximum absolute atomic E-state index is 13.8. The van der Waals surface area contributed by atoms with Gasteiger partial charge in [-0.1, -0.05) is 18.2 Å². The van der Waals surface area contributed by atoms with Crippen molar-refractivity contribution in [3.8, 4) is 17.1 Å². The Morgan fingerprint density at radius 3 is 2.30 bits per heavy atom. The van der Waals surface area contributed by atoms with Crippen LogP contribution in [0.3, 0.4) is 0 Å². The van der Waals surface area contributed by atoms with Crippen molar-refractivity contribution >= 4 is 16.1 Å². The maximum atomic E-state index is 13.8. The lowest BCUT2D eigenvalue weighted by Gasteiger charge is -2.35. The van der Waals surface area contributed by atoms with E-state index in [1.807, 2.05) is 32.0 Å². The van der Waals surface area contributed by atoms with E-state index in [-0.39, 0.29) is 43.5 Å². The number of piperazine rings is 1. The Bertz CT molecular complexity index is 1340. The molecule has 11 nitrogen and oxygen atoms in total. The second-order valence-corrected chi connectivity index (χ2v) is 11.9. The van der Waals surface area contributed by atoms with Crippen molar-refractivity contribution in [1.82, 2.24) is 29.8 Å². The molecule has 1 aliphatic heterocycles. The number of amides is 1. The van der Waals surface area contributed by atoms with Crippen molar-refractivity contribution in [2.24, 2.45) is 0 Å². The SMILES string of the molecule is Cc1cc(C)cc(OCc2ccc(-c3nn[nH]n3)cc2S(=O)(=O)N2CCN(C(=O)OC(C)(C)C)CC2)c1. The smallest absolute Gasteiger partial charge is 0.410 e. The van der Waals surface area contributed by atoms with Gasteiger partial charge in [0.05, 0.1) is 4.90 Å². The van der Waals surface area contributed by atoms with Crippen molar-refractivity contribution < 1.29 is 22.7 Å². The van der Waals surface area contributed by atoms with Crippen LogP contribution in [0.1, 0.15) is 37.5 Å². The van der Waals surface area contributed by atoms with E-state index in [0.717, 1.165) is 11.1 Å². The molecule has 1 N–H and O–H groups in total. The summed E-state index contributed by atoms with van der Waals surface area (Å²) in [5.41, 5.74) is 2.49. The maximum Gasteiger partial charge on any atom is 0.410 e. The predicted octanol–water partition coefficient (Wildman–Crippen LogP) is 3.30. The molecular formula is C25H32N6O5S. The number of aromatic nitrogens is 4. The topological polar surface area (TPSA) is 131 Å². The van der Waals surface area contributed by atoms with Crippen LogP contribution in [-0.4, -0.2) is 76.1 Å². The summed E-state index contributed by atoms with van der Waals surface area (Å²) in [5, 5.41) is 13.9. The summed E-state index contributed by atoms with van der Waals surface area (Å²) in [7, 11) is -3.92. The van der Waals surface area contributed by atoms with E-state index in [4.69, 9.17) is 9.47 Å². The van der Waals surface area contributed by atoms with Gasteiger partial charge >= 0.3 is 6.09 Å². The standard InChI is InChI=1S/C25H32N6O5S/c1-17-12-18(2)14-21(13-17)35-16-20-7-6-19(23-26-28-29-27-23)15-22(20)37(33,34)31-10-8-30(9-11-31)24(32)36-25(3,4)5/h6-7,12-15H,8-11,16H2,1-5H3,(H,26,27,28,29). The number of benzene rings is 2. The third-order valence-electron chi connectivity index (χ3n) is 5.77. The number of sulfonamides is 1. The number of nitrogens with zero attached hydrogens (tertiary/aromatic N) is 5. The highest BCUT2D eigenvalue weighted by Gasteiger charge is 2.33. The number of hydrogen-bond acceptors (Lipinski definition) is 8. The number of carbonyl (C=O) groups is 1. The van der Waals surface area contributed by atoms with Crippen LogP contribution in [-0.2, 0) is 21.4 Å². The third kappa shape index (κ3) is 6.44. The zero-order valence-corrected chi connectivity index (χ0v) is 22.5. The average molecular weight is 529 g/mol. The number of hydrogen-bond donors (Lipinski definition) is 1. The summed E-state index contributed by atoms with van der Waals surface area (Å²) in [6, 6.07) is 10.8. The van der Waals surface area contributed by atoms with Crippen molar-refractivity contribution in [3.05, 3.63) is 53.1 Å². The lowest BCUT2D eigenvalue weighted by atomic mass is 10.1. The van der Waals surface area contributed by atoms with Gasteiger partial charge in [0.1, 0.15) is 18.0 Å². The van der Waals surface area contributed by atoms with E-state index in [9.17, 15) is 13.2 Å². The minimum absolute atomic E-state index is 0.0574.